The molecule has 1 amide bonds. The van der Waals surface area contributed by atoms with Gasteiger partial charge in [0.2, 0.25) is 5.16 Å². The van der Waals surface area contributed by atoms with Crippen molar-refractivity contribution in [3.63, 3.8) is 0 Å². The number of nitrogens with zero attached hydrogens (tertiary/aromatic N) is 3. The molecule has 7 nitrogen and oxygen atoms in total. The lowest BCUT2D eigenvalue weighted by atomic mass is 10.2. The van der Waals surface area contributed by atoms with Crippen LogP contribution in [0.4, 0.5) is 0 Å². The third-order valence-corrected chi connectivity index (χ3v) is 4.14. The number of hydrogen-bond donors (Lipinski definition) is 2. The molecule has 122 valence electrons. The fraction of sp³-hybridized carbons (Fsp3) is 0.231. The number of methoxy groups -OCH3 is 1. The number of hydrogen-bond acceptors (Lipinski definition) is 6. The van der Waals surface area contributed by atoms with Gasteiger partial charge in [0, 0.05) is 4.47 Å². The van der Waals surface area contributed by atoms with Crippen molar-refractivity contribution < 1.29 is 9.53 Å². The van der Waals surface area contributed by atoms with E-state index in [1.54, 1.807) is 29.8 Å². The third-order valence-electron chi connectivity index (χ3n) is 2.82. The Morgan fingerprint density at radius 3 is 2.83 bits per heavy atom. The van der Waals surface area contributed by atoms with Crippen molar-refractivity contribution in [3.05, 3.63) is 34.1 Å². The molecule has 0 spiro atoms. The molecule has 0 unspecified atom stereocenters. The number of aryl methyl sites for hydroxylation is 1. The van der Waals surface area contributed by atoms with Crippen LogP contribution in [0, 0.1) is 6.92 Å². The normalized spacial score (nSPS) is 10.3. The molecule has 1 aromatic heterocycles. The lowest BCUT2D eigenvalue weighted by Crippen LogP contribution is -2.38. The van der Waals surface area contributed by atoms with Gasteiger partial charge >= 0.3 is 0 Å². The molecule has 0 saturated heterocycles. The number of thioether (sulfide) groups is 1. The summed E-state index contributed by atoms with van der Waals surface area (Å²) in [5.41, 5.74) is 3.25. The van der Waals surface area contributed by atoms with Crippen LogP contribution in [0.3, 0.4) is 0 Å². The van der Waals surface area contributed by atoms with Crippen LogP contribution >= 0.6 is 39.9 Å². The first-order valence-corrected chi connectivity index (χ1v) is 8.80. The minimum Gasteiger partial charge on any atom is -0.496 e. The minimum atomic E-state index is -0.378. The van der Waals surface area contributed by atoms with Gasteiger partial charge in [-0.15, -0.1) is 10.2 Å². The molecule has 10 heteroatoms. The molecule has 0 aliphatic carbocycles. The average Bonchev–Trinajstić information content (AvgIpc) is 2.87. The first-order valence-electron chi connectivity index (χ1n) is 6.38. The predicted molar refractivity (Wildman–Crippen MR) is 96.7 cm³/mol. The molecule has 2 rings (SSSR count). The smallest absolute Gasteiger partial charge is 0.261 e. The Morgan fingerprint density at radius 2 is 2.17 bits per heavy atom. The third kappa shape index (κ3) is 4.21. The van der Waals surface area contributed by atoms with E-state index in [-0.39, 0.29) is 11.0 Å². The lowest BCUT2D eigenvalue weighted by Gasteiger charge is -2.13. The number of ether oxygens (including phenoxy) is 1. The van der Waals surface area contributed by atoms with Gasteiger partial charge in [0.15, 0.2) is 5.11 Å². The van der Waals surface area contributed by atoms with Gasteiger partial charge in [0.1, 0.15) is 11.6 Å². The number of amides is 1. The van der Waals surface area contributed by atoms with Gasteiger partial charge in [-0.05, 0) is 43.6 Å². The number of carbonyl (C=O) groups is 1. The highest BCUT2D eigenvalue weighted by atomic mass is 79.9. The Morgan fingerprint density at radius 1 is 1.43 bits per heavy atom. The summed E-state index contributed by atoms with van der Waals surface area (Å²) in [6, 6.07) is 5.15. The van der Waals surface area contributed by atoms with Gasteiger partial charge in [0.25, 0.3) is 5.91 Å². The summed E-state index contributed by atoms with van der Waals surface area (Å²) in [6.45, 7) is 1.78. The molecule has 0 aliphatic rings. The number of halogens is 1. The van der Waals surface area contributed by atoms with Gasteiger partial charge in [-0.2, -0.15) is 0 Å². The van der Waals surface area contributed by atoms with Crippen molar-refractivity contribution in [1.29, 1.82) is 0 Å². The monoisotopic (exact) mass is 415 g/mol. The molecule has 0 atom stereocenters. The summed E-state index contributed by atoms with van der Waals surface area (Å²) in [5.74, 6) is 0.710. The number of benzene rings is 1. The number of aromatic nitrogens is 3. The minimum absolute atomic E-state index is 0.134. The summed E-state index contributed by atoms with van der Waals surface area (Å²) in [6.07, 6.45) is 1.87. The Labute approximate surface area is 151 Å². The first-order chi connectivity index (χ1) is 11.0. The van der Waals surface area contributed by atoms with Crippen molar-refractivity contribution in [1.82, 2.24) is 20.2 Å². The maximum Gasteiger partial charge on any atom is 0.261 e. The van der Waals surface area contributed by atoms with Gasteiger partial charge in [0.05, 0.1) is 12.7 Å². The van der Waals surface area contributed by atoms with Crippen molar-refractivity contribution >= 4 is 50.9 Å². The highest BCUT2D eigenvalue weighted by Gasteiger charge is 2.15. The van der Waals surface area contributed by atoms with E-state index in [9.17, 15) is 4.79 Å². The molecule has 1 aromatic carbocycles. The van der Waals surface area contributed by atoms with E-state index in [4.69, 9.17) is 17.0 Å². The molecule has 0 saturated carbocycles. The number of rotatable bonds is 4. The summed E-state index contributed by atoms with van der Waals surface area (Å²) in [5, 5.41) is 11.3. The SMILES string of the molecule is COc1ccc(Br)cc1C(=O)NC(=S)Nn1c(C)nnc1SC. The molecule has 0 radical (unpaired) electrons. The molecule has 1 heterocycles. The van der Waals surface area contributed by atoms with Crippen LogP contribution < -0.4 is 15.5 Å². The van der Waals surface area contributed by atoms with E-state index in [2.05, 4.69) is 36.9 Å². The Balaban J connectivity index is 2.13. The van der Waals surface area contributed by atoms with E-state index >= 15 is 0 Å². The molecule has 23 heavy (non-hydrogen) atoms. The number of carbonyl (C=O) groups excluding carboxylic acids is 1. The van der Waals surface area contributed by atoms with Crippen LogP contribution in [0.15, 0.2) is 27.8 Å². The fourth-order valence-corrected chi connectivity index (χ4v) is 2.79. The van der Waals surface area contributed by atoms with E-state index < -0.39 is 0 Å². The second-order valence-electron chi connectivity index (χ2n) is 4.31. The summed E-state index contributed by atoms with van der Waals surface area (Å²) in [4.78, 5) is 12.4. The van der Waals surface area contributed by atoms with Crippen molar-refractivity contribution in [2.24, 2.45) is 0 Å². The number of nitrogens with one attached hydrogen (secondary N) is 2. The largest absolute Gasteiger partial charge is 0.496 e. The zero-order valence-corrected chi connectivity index (χ0v) is 15.8. The van der Waals surface area contributed by atoms with Crippen LogP contribution in [-0.4, -0.2) is 39.3 Å². The van der Waals surface area contributed by atoms with Crippen LogP contribution in [-0.2, 0) is 0 Å². The quantitative estimate of drug-likeness (QED) is 0.585. The summed E-state index contributed by atoms with van der Waals surface area (Å²) >= 11 is 9.92. The topological polar surface area (TPSA) is 81.1 Å². The van der Waals surface area contributed by atoms with Gasteiger partial charge in [-0.3, -0.25) is 15.5 Å². The van der Waals surface area contributed by atoms with E-state index in [0.29, 0.717) is 22.3 Å². The van der Waals surface area contributed by atoms with E-state index in [1.165, 1.54) is 18.9 Å². The highest BCUT2D eigenvalue weighted by molar-refractivity contribution is 9.10. The Bertz CT molecular complexity index is 750. The molecular formula is C13H14BrN5O2S2. The Kier molecular flexibility index (Phi) is 5.97. The van der Waals surface area contributed by atoms with Crippen LogP contribution in [0.1, 0.15) is 16.2 Å². The van der Waals surface area contributed by atoms with Crippen LogP contribution in [0.25, 0.3) is 0 Å². The first kappa shape index (κ1) is 17.7. The van der Waals surface area contributed by atoms with Gasteiger partial charge in [-0.1, -0.05) is 27.7 Å². The zero-order valence-electron chi connectivity index (χ0n) is 12.6. The van der Waals surface area contributed by atoms with Crippen molar-refractivity contribution in [3.8, 4) is 5.75 Å². The second-order valence-corrected chi connectivity index (χ2v) is 6.41. The lowest BCUT2D eigenvalue weighted by molar-refractivity contribution is 0.0974. The molecule has 2 aromatic rings. The Hall–Kier alpha value is -1.65. The standard InChI is InChI=1S/C13H14BrN5O2S2/c1-7-16-17-13(23-3)19(7)18-12(22)15-11(20)9-6-8(14)4-5-10(9)21-2/h4-6H,1-3H3,(H2,15,18,20,22). The molecule has 0 fully saturated rings. The van der Waals surface area contributed by atoms with E-state index in [0.717, 1.165) is 4.47 Å². The average molecular weight is 416 g/mol. The summed E-state index contributed by atoms with van der Waals surface area (Å²) in [7, 11) is 1.50. The van der Waals surface area contributed by atoms with Crippen molar-refractivity contribution in [2.75, 3.05) is 18.8 Å². The molecular weight excluding hydrogens is 402 g/mol. The van der Waals surface area contributed by atoms with E-state index in [1.807, 2.05) is 6.26 Å². The maximum atomic E-state index is 12.4. The second kappa shape index (κ2) is 7.75. The van der Waals surface area contributed by atoms with Gasteiger partial charge < -0.3 is 4.74 Å². The summed E-state index contributed by atoms with van der Waals surface area (Å²) < 4.78 is 7.56. The van der Waals surface area contributed by atoms with Crippen LogP contribution in [0.2, 0.25) is 0 Å². The molecule has 0 aliphatic heterocycles. The highest BCUT2D eigenvalue weighted by Crippen LogP contribution is 2.22. The maximum absolute atomic E-state index is 12.4. The van der Waals surface area contributed by atoms with Gasteiger partial charge in [-0.25, -0.2) is 4.68 Å². The number of thiocarbonyl (C=S) groups is 1. The predicted octanol–water partition coefficient (Wildman–Crippen LogP) is 2.34. The van der Waals surface area contributed by atoms with Crippen molar-refractivity contribution in [2.45, 2.75) is 12.1 Å². The van der Waals surface area contributed by atoms with Crippen LogP contribution in [0.5, 0.6) is 5.75 Å². The molecule has 2 N–H and O–H groups in total. The molecule has 0 bridgehead atoms. The zero-order chi connectivity index (χ0) is 17.0. The fourth-order valence-electron chi connectivity index (χ4n) is 1.76.